The number of carboxylic acids is 1. The molecular formula is C23H41N3O4. The number of aliphatic carboxylic acids is 1. The van der Waals surface area contributed by atoms with E-state index < -0.39 is 17.4 Å². The first kappa shape index (κ1) is 26.1. The van der Waals surface area contributed by atoms with E-state index in [0.29, 0.717) is 0 Å². The van der Waals surface area contributed by atoms with Crippen molar-refractivity contribution in [2.75, 3.05) is 20.6 Å². The fourth-order valence-electron chi connectivity index (χ4n) is 3.90. The maximum absolute atomic E-state index is 13.5. The van der Waals surface area contributed by atoms with Gasteiger partial charge in [-0.05, 0) is 44.7 Å². The number of amides is 2. The van der Waals surface area contributed by atoms with E-state index in [9.17, 15) is 19.5 Å². The molecule has 0 bridgehead atoms. The third kappa shape index (κ3) is 7.11. The Morgan fingerprint density at radius 3 is 2.27 bits per heavy atom. The molecule has 1 aliphatic rings. The van der Waals surface area contributed by atoms with Crippen molar-refractivity contribution < 1.29 is 19.5 Å². The number of carboxylic acid groups (broad SMARTS) is 1. The van der Waals surface area contributed by atoms with E-state index in [1.54, 1.807) is 18.0 Å². The van der Waals surface area contributed by atoms with Crippen molar-refractivity contribution in [1.29, 1.82) is 0 Å². The van der Waals surface area contributed by atoms with Crippen LogP contribution in [0.1, 0.15) is 67.2 Å². The quantitative estimate of drug-likeness (QED) is 0.615. The van der Waals surface area contributed by atoms with Crippen LogP contribution in [0.3, 0.4) is 0 Å². The topological polar surface area (TPSA) is 90.0 Å². The van der Waals surface area contributed by atoms with Crippen LogP contribution < -0.4 is 5.32 Å². The standard InChI is InChI=1S/C23H41N3O4/c1-15(2)18(14-16(3)22(29)30)26(8)21(28)19(23(4,5)6)24-20(27)17-12-10-9-11-13-25(17)7/h14-15,17-19H,9-13H2,1-8H3,(H,24,27)(H,29,30)/b16-14+/t17?,18?,19-/m1/s1. The monoisotopic (exact) mass is 423 g/mol. The van der Waals surface area contributed by atoms with Gasteiger partial charge in [-0.1, -0.05) is 53.5 Å². The van der Waals surface area contributed by atoms with Crippen LogP contribution in [0, 0.1) is 11.3 Å². The molecule has 0 aromatic rings. The molecule has 172 valence electrons. The van der Waals surface area contributed by atoms with Crippen LogP contribution in [-0.4, -0.2) is 71.5 Å². The Labute approximate surface area is 181 Å². The highest BCUT2D eigenvalue weighted by atomic mass is 16.4. The van der Waals surface area contributed by atoms with Crippen LogP contribution in [0.2, 0.25) is 0 Å². The summed E-state index contributed by atoms with van der Waals surface area (Å²) in [6.45, 7) is 12.1. The Morgan fingerprint density at radius 2 is 1.77 bits per heavy atom. The summed E-state index contributed by atoms with van der Waals surface area (Å²) in [5, 5.41) is 12.3. The molecule has 0 aromatic heterocycles. The summed E-state index contributed by atoms with van der Waals surface area (Å²) in [5.74, 6) is -1.30. The summed E-state index contributed by atoms with van der Waals surface area (Å²) in [5.41, 5.74) is -0.290. The van der Waals surface area contributed by atoms with Crippen molar-refractivity contribution in [1.82, 2.24) is 15.1 Å². The number of carbonyl (C=O) groups is 3. The summed E-state index contributed by atoms with van der Waals surface area (Å²) in [7, 11) is 3.64. The van der Waals surface area contributed by atoms with Gasteiger partial charge in [-0.15, -0.1) is 0 Å². The van der Waals surface area contributed by atoms with Crippen molar-refractivity contribution in [3.8, 4) is 0 Å². The number of hydrogen-bond acceptors (Lipinski definition) is 4. The largest absolute Gasteiger partial charge is 0.478 e. The molecule has 2 unspecified atom stereocenters. The first-order valence-electron chi connectivity index (χ1n) is 11.0. The van der Waals surface area contributed by atoms with E-state index in [1.807, 2.05) is 41.7 Å². The van der Waals surface area contributed by atoms with Gasteiger partial charge in [-0.2, -0.15) is 0 Å². The van der Waals surface area contributed by atoms with Crippen molar-refractivity contribution in [3.63, 3.8) is 0 Å². The van der Waals surface area contributed by atoms with Gasteiger partial charge in [0.2, 0.25) is 11.8 Å². The number of carbonyl (C=O) groups excluding carboxylic acids is 2. The Balaban J connectivity index is 3.11. The van der Waals surface area contributed by atoms with Gasteiger partial charge in [0.05, 0.1) is 12.1 Å². The summed E-state index contributed by atoms with van der Waals surface area (Å²) in [4.78, 5) is 41.5. The summed E-state index contributed by atoms with van der Waals surface area (Å²) in [6.07, 6.45) is 5.61. The molecule has 1 heterocycles. The van der Waals surface area contributed by atoms with Crippen LogP contribution in [0.4, 0.5) is 0 Å². The van der Waals surface area contributed by atoms with Gasteiger partial charge >= 0.3 is 5.97 Å². The minimum atomic E-state index is -1.00. The van der Waals surface area contributed by atoms with Crippen LogP contribution in [0.5, 0.6) is 0 Å². The van der Waals surface area contributed by atoms with E-state index in [2.05, 4.69) is 10.2 Å². The van der Waals surface area contributed by atoms with Gasteiger partial charge in [0.1, 0.15) is 6.04 Å². The molecule has 7 heteroatoms. The third-order valence-corrected chi connectivity index (χ3v) is 5.96. The van der Waals surface area contributed by atoms with Crippen LogP contribution in [-0.2, 0) is 14.4 Å². The van der Waals surface area contributed by atoms with Gasteiger partial charge in [0, 0.05) is 12.6 Å². The number of likely N-dealkylation sites (N-methyl/N-ethyl adjacent to an activating group) is 2. The molecule has 2 N–H and O–H groups in total. The lowest BCUT2D eigenvalue weighted by Gasteiger charge is -2.38. The lowest BCUT2D eigenvalue weighted by atomic mass is 9.84. The van der Waals surface area contributed by atoms with Gasteiger partial charge in [0.25, 0.3) is 0 Å². The highest BCUT2D eigenvalue weighted by Gasteiger charge is 2.38. The maximum Gasteiger partial charge on any atom is 0.331 e. The first-order chi connectivity index (χ1) is 13.8. The molecule has 1 saturated heterocycles. The van der Waals surface area contributed by atoms with Gasteiger partial charge in [-0.25, -0.2) is 4.79 Å². The summed E-state index contributed by atoms with van der Waals surface area (Å²) < 4.78 is 0. The van der Waals surface area contributed by atoms with Gasteiger partial charge in [0.15, 0.2) is 0 Å². The van der Waals surface area contributed by atoms with E-state index in [-0.39, 0.29) is 35.4 Å². The molecule has 30 heavy (non-hydrogen) atoms. The van der Waals surface area contributed by atoms with Crippen molar-refractivity contribution in [3.05, 3.63) is 11.6 Å². The van der Waals surface area contributed by atoms with E-state index in [1.165, 1.54) is 6.92 Å². The van der Waals surface area contributed by atoms with E-state index in [0.717, 1.165) is 32.2 Å². The highest BCUT2D eigenvalue weighted by molar-refractivity contribution is 5.91. The molecule has 0 saturated carbocycles. The Morgan fingerprint density at radius 1 is 1.17 bits per heavy atom. The number of rotatable bonds is 7. The van der Waals surface area contributed by atoms with Crippen LogP contribution in [0.25, 0.3) is 0 Å². The second-order valence-electron chi connectivity index (χ2n) is 9.99. The number of nitrogens with zero attached hydrogens (tertiary/aromatic N) is 2. The third-order valence-electron chi connectivity index (χ3n) is 5.96. The number of likely N-dealkylation sites (tertiary alicyclic amines) is 1. The molecule has 7 nitrogen and oxygen atoms in total. The molecule has 0 aromatic carbocycles. The molecule has 1 rings (SSSR count). The lowest BCUT2D eigenvalue weighted by Crippen LogP contribution is -2.59. The molecule has 0 aliphatic carbocycles. The summed E-state index contributed by atoms with van der Waals surface area (Å²) >= 11 is 0. The second kappa shape index (κ2) is 10.9. The smallest absolute Gasteiger partial charge is 0.331 e. The van der Waals surface area contributed by atoms with E-state index in [4.69, 9.17) is 0 Å². The molecule has 2 amide bonds. The number of hydrogen-bond donors (Lipinski definition) is 2. The van der Waals surface area contributed by atoms with Crippen LogP contribution in [0.15, 0.2) is 11.6 Å². The molecular weight excluding hydrogens is 382 g/mol. The Bertz CT molecular complexity index is 651. The normalized spacial score (nSPS) is 21.0. The van der Waals surface area contributed by atoms with Crippen molar-refractivity contribution in [2.45, 2.75) is 85.4 Å². The molecule has 1 fully saturated rings. The fraction of sp³-hybridized carbons (Fsp3) is 0.783. The fourth-order valence-corrected chi connectivity index (χ4v) is 3.90. The summed E-state index contributed by atoms with van der Waals surface area (Å²) in [6, 6.07) is -1.31. The Kier molecular flexibility index (Phi) is 9.53. The van der Waals surface area contributed by atoms with Crippen molar-refractivity contribution >= 4 is 17.8 Å². The predicted octanol–water partition coefficient (Wildman–Crippen LogP) is 2.91. The average molecular weight is 424 g/mol. The van der Waals surface area contributed by atoms with Crippen molar-refractivity contribution in [2.24, 2.45) is 11.3 Å². The number of nitrogens with one attached hydrogen (secondary N) is 1. The van der Waals surface area contributed by atoms with Gasteiger partial charge < -0.3 is 15.3 Å². The zero-order valence-electron chi connectivity index (χ0n) is 20.0. The molecule has 1 aliphatic heterocycles. The zero-order chi connectivity index (χ0) is 23.2. The molecule has 3 atom stereocenters. The predicted molar refractivity (Wildman–Crippen MR) is 119 cm³/mol. The second-order valence-corrected chi connectivity index (χ2v) is 9.99. The Hall–Kier alpha value is -1.89. The minimum absolute atomic E-state index is 0.0255. The van der Waals surface area contributed by atoms with E-state index >= 15 is 0 Å². The van der Waals surface area contributed by atoms with Gasteiger partial charge in [-0.3, -0.25) is 14.5 Å². The zero-order valence-corrected chi connectivity index (χ0v) is 20.0. The minimum Gasteiger partial charge on any atom is -0.478 e. The molecule has 0 radical (unpaired) electrons. The SMILES string of the molecule is C/C(=C\C(C(C)C)N(C)C(=O)[C@@H](NC(=O)C1CCCCCN1C)C(C)(C)C)C(=O)O. The first-order valence-corrected chi connectivity index (χ1v) is 11.0. The van der Waals surface area contributed by atoms with Crippen LogP contribution >= 0.6 is 0 Å². The maximum atomic E-state index is 13.5. The highest BCUT2D eigenvalue weighted by Crippen LogP contribution is 2.25. The average Bonchev–Trinajstić information content (AvgIpc) is 2.85. The molecule has 0 spiro atoms. The lowest BCUT2D eigenvalue weighted by molar-refractivity contribution is -0.141.